The lowest BCUT2D eigenvalue weighted by Crippen LogP contribution is -2.51. The Labute approximate surface area is 91.0 Å². The summed E-state index contributed by atoms with van der Waals surface area (Å²) in [5.41, 5.74) is 0. The number of carbonyl (C=O) groups is 2. The minimum atomic E-state index is -0.137. The van der Waals surface area contributed by atoms with Gasteiger partial charge in [-0.05, 0) is 19.4 Å². The zero-order chi connectivity index (χ0) is 11.4. The molecule has 0 aromatic heterocycles. The topological polar surface area (TPSA) is 49.4 Å². The second-order valence-electron chi connectivity index (χ2n) is 4.38. The van der Waals surface area contributed by atoms with Gasteiger partial charge in [0.25, 0.3) is 0 Å². The number of nitrogens with zero attached hydrogens (tertiary/aromatic N) is 1. The molecule has 1 rings (SSSR count). The zero-order valence-corrected chi connectivity index (χ0v) is 9.75. The number of nitrogens with one attached hydrogen (secondary N) is 1. The van der Waals surface area contributed by atoms with Crippen molar-refractivity contribution in [1.29, 1.82) is 0 Å². The van der Waals surface area contributed by atoms with Crippen LogP contribution >= 0.6 is 0 Å². The van der Waals surface area contributed by atoms with Gasteiger partial charge in [0.1, 0.15) is 0 Å². The number of hydrogen-bond donors (Lipinski definition) is 1. The van der Waals surface area contributed by atoms with E-state index in [1.807, 2.05) is 13.8 Å². The van der Waals surface area contributed by atoms with Gasteiger partial charge in [0.15, 0.2) is 0 Å². The van der Waals surface area contributed by atoms with E-state index in [4.69, 9.17) is 0 Å². The van der Waals surface area contributed by atoms with E-state index in [1.165, 1.54) is 11.8 Å². The van der Waals surface area contributed by atoms with Crippen molar-refractivity contribution < 1.29 is 9.59 Å². The van der Waals surface area contributed by atoms with Gasteiger partial charge < -0.3 is 5.32 Å². The van der Waals surface area contributed by atoms with Crippen molar-refractivity contribution in [2.75, 3.05) is 13.1 Å². The van der Waals surface area contributed by atoms with Crippen LogP contribution in [0.4, 0.5) is 0 Å². The summed E-state index contributed by atoms with van der Waals surface area (Å²) in [6, 6.07) is 0.0474. The van der Waals surface area contributed by atoms with E-state index in [2.05, 4.69) is 5.32 Å². The summed E-state index contributed by atoms with van der Waals surface area (Å²) in [5.74, 6) is -0.311. The van der Waals surface area contributed by atoms with Gasteiger partial charge in [0.05, 0.1) is 6.04 Å². The Hall–Kier alpha value is -0.900. The fourth-order valence-corrected chi connectivity index (χ4v) is 1.92. The van der Waals surface area contributed by atoms with Gasteiger partial charge in [0, 0.05) is 19.4 Å². The van der Waals surface area contributed by atoms with Gasteiger partial charge in [-0.15, -0.1) is 0 Å². The Kier molecular flexibility index (Phi) is 4.27. The molecule has 0 saturated carbocycles. The van der Waals surface area contributed by atoms with E-state index in [0.29, 0.717) is 0 Å². The largest absolute Gasteiger partial charge is 0.315 e. The fraction of sp³-hybridized carbons (Fsp3) is 0.818. The number of hydrogen-bond acceptors (Lipinski definition) is 3. The molecule has 0 aromatic rings. The van der Waals surface area contributed by atoms with E-state index < -0.39 is 0 Å². The van der Waals surface area contributed by atoms with Crippen LogP contribution in [0.2, 0.25) is 0 Å². The van der Waals surface area contributed by atoms with Gasteiger partial charge in [-0.3, -0.25) is 14.5 Å². The lowest BCUT2D eigenvalue weighted by atomic mass is 10.0. The van der Waals surface area contributed by atoms with Crippen LogP contribution in [0.15, 0.2) is 0 Å². The highest BCUT2D eigenvalue weighted by Gasteiger charge is 2.29. The molecule has 1 heterocycles. The molecule has 1 saturated heterocycles. The third-order valence-electron chi connectivity index (χ3n) is 2.71. The summed E-state index contributed by atoms with van der Waals surface area (Å²) in [5, 5.41) is 3.22. The third-order valence-corrected chi connectivity index (χ3v) is 2.71. The molecular weight excluding hydrogens is 192 g/mol. The van der Waals surface area contributed by atoms with Crippen molar-refractivity contribution >= 4 is 11.8 Å². The first kappa shape index (κ1) is 12.2. The second kappa shape index (κ2) is 5.26. The highest BCUT2D eigenvalue weighted by molar-refractivity contribution is 5.95. The quantitative estimate of drug-likeness (QED) is 0.735. The molecule has 0 radical (unpaired) electrons. The molecule has 0 aromatic carbocycles. The predicted octanol–water partition coefficient (Wildman–Crippen LogP) is 0.769. The lowest BCUT2D eigenvalue weighted by molar-refractivity contribution is -0.148. The standard InChI is InChI=1S/C11H20N2O2/c1-8(2)11(15)13(9(3)14)10-5-4-6-12-7-10/h8,10,12H,4-7H2,1-3H3. The van der Waals surface area contributed by atoms with E-state index >= 15 is 0 Å². The molecule has 1 fully saturated rings. The van der Waals surface area contributed by atoms with Crippen LogP contribution in [0.3, 0.4) is 0 Å². The maximum atomic E-state index is 11.9. The van der Waals surface area contributed by atoms with Crippen LogP contribution < -0.4 is 5.32 Å². The number of imide groups is 1. The molecule has 1 aliphatic rings. The number of carbonyl (C=O) groups excluding carboxylic acids is 2. The summed E-state index contributed by atoms with van der Waals surface area (Å²) in [4.78, 5) is 24.8. The predicted molar refractivity (Wildman–Crippen MR) is 58.3 cm³/mol. The molecule has 1 atom stereocenters. The zero-order valence-electron chi connectivity index (χ0n) is 9.75. The highest BCUT2D eigenvalue weighted by atomic mass is 16.2. The maximum absolute atomic E-state index is 11.9. The average Bonchev–Trinajstić information content (AvgIpc) is 2.18. The number of amides is 2. The molecule has 0 bridgehead atoms. The molecule has 4 heteroatoms. The molecule has 0 spiro atoms. The Morgan fingerprint density at radius 2 is 2.07 bits per heavy atom. The molecule has 15 heavy (non-hydrogen) atoms. The number of piperidine rings is 1. The Morgan fingerprint density at radius 1 is 1.40 bits per heavy atom. The van der Waals surface area contributed by atoms with Crippen molar-refractivity contribution in [2.45, 2.75) is 39.7 Å². The first-order valence-electron chi connectivity index (χ1n) is 5.58. The molecular formula is C11H20N2O2. The maximum Gasteiger partial charge on any atom is 0.232 e. The van der Waals surface area contributed by atoms with Gasteiger partial charge in [0.2, 0.25) is 11.8 Å². The molecule has 4 nitrogen and oxygen atoms in total. The van der Waals surface area contributed by atoms with E-state index in [9.17, 15) is 9.59 Å². The molecule has 1 N–H and O–H groups in total. The van der Waals surface area contributed by atoms with Crippen LogP contribution in [-0.2, 0) is 9.59 Å². The molecule has 0 aliphatic carbocycles. The normalized spacial score (nSPS) is 21.5. The number of rotatable bonds is 2. The summed E-state index contributed by atoms with van der Waals surface area (Å²) in [6.45, 7) is 6.84. The first-order chi connectivity index (χ1) is 7.04. The van der Waals surface area contributed by atoms with Crippen LogP contribution in [0, 0.1) is 5.92 Å². The first-order valence-corrected chi connectivity index (χ1v) is 5.58. The van der Waals surface area contributed by atoms with Crippen LogP contribution in [0.5, 0.6) is 0 Å². The summed E-state index contributed by atoms with van der Waals surface area (Å²) < 4.78 is 0. The molecule has 1 aliphatic heterocycles. The van der Waals surface area contributed by atoms with E-state index in [0.717, 1.165) is 25.9 Å². The van der Waals surface area contributed by atoms with Crippen LogP contribution in [0.1, 0.15) is 33.6 Å². The fourth-order valence-electron chi connectivity index (χ4n) is 1.92. The smallest absolute Gasteiger partial charge is 0.232 e. The van der Waals surface area contributed by atoms with E-state index in [-0.39, 0.29) is 23.8 Å². The highest BCUT2D eigenvalue weighted by Crippen LogP contribution is 2.14. The van der Waals surface area contributed by atoms with Crippen molar-refractivity contribution in [2.24, 2.45) is 5.92 Å². The van der Waals surface area contributed by atoms with Crippen molar-refractivity contribution in [3.05, 3.63) is 0 Å². The molecule has 2 amide bonds. The van der Waals surface area contributed by atoms with Gasteiger partial charge >= 0.3 is 0 Å². The SMILES string of the molecule is CC(=O)N(C(=O)C(C)C)C1CCCNC1. The third kappa shape index (κ3) is 3.02. The monoisotopic (exact) mass is 212 g/mol. The second-order valence-corrected chi connectivity index (χ2v) is 4.38. The Balaban J connectivity index is 2.72. The summed E-state index contributed by atoms with van der Waals surface area (Å²) >= 11 is 0. The van der Waals surface area contributed by atoms with Crippen molar-refractivity contribution in [1.82, 2.24) is 10.2 Å². The molecule has 86 valence electrons. The lowest BCUT2D eigenvalue weighted by Gasteiger charge is -2.33. The molecule has 1 unspecified atom stereocenters. The summed E-state index contributed by atoms with van der Waals surface area (Å²) in [6.07, 6.45) is 1.95. The van der Waals surface area contributed by atoms with Crippen LogP contribution in [-0.4, -0.2) is 35.8 Å². The van der Waals surface area contributed by atoms with Crippen molar-refractivity contribution in [3.8, 4) is 0 Å². The van der Waals surface area contributed by atoms with Crippen LogP contribution in [0.25, 0.3) is 0 Å². The van der Waals surface area contributed by atoms with Crippen molar-refractivity contribution in [3.63, 3.8) is 0 Å². The summed E-state index contributed by atoms with van der Waals surface area (Å²) in [7, 11) is 0. The minimum absolute atomic E-state index is 0.0474. The Bertz CT molecular complexity index is 245. The Morgan fingerprint density at radius 3 is 2.47 bits per heavy atom. The van der Waals surface area contributed by atoms with Gasteiger partial charge in [-0.1, -0.05) is 13.8 Å². The van der Waals surface area contributed by atoms with E-state index in [1.54, 1.807) is 0 Å². The minimum Gasteiger partial charge on any atom is -0.315 e. The average molecular weight is 212 g/mol. The van der Waals surface area contributed by atoms with Gasteiger partial charge in [-0.25, -0.2) is 0 Å². The van der Waals surface area contributed by atoms with Gasteiger partial charge in [-0.2, -0.15) is 0 Å².